The summed E-state index contributed by atoms with van der Waals surface area (Å²) < 4.78 is 3.08. The van der Waals surface area contributed by atoms with E-state index in [4.69, 9.17) is 10.1 Å². The van der Waals surface area contributed by atoms with Crippen molar-refractivity contribution < 1.29 is 4.79 Å². The highest BCUT2D eigenvalue weighted by atomic mass is 32.1. The third-order valence-electron chi connectivity index (χ3n) is 6.61. The van der Waals surface area contributed by atoms with Gasteiger partial charge in [-0.15, -0.1) is 0 Å². The number of aryl methyl sites for hydroxylation is 2. The van der Waals surface area contributed by atoms with Gasteiger partial charge in [0, 0.05) is 26.2 Å². The third kappa shape index (κ3) is 4.32. The maximum absolute atomic E-state index is 13.4. The fourth-order valence-corrected chi connectivity index (χ4v) is 5.82. The summed E-state index contributed by atoms with van der Waals surface area (Å²) >= 11 is 1.70. The largest absolute Gasteiger partial charge is 0.346 e. The number of carbonyl (C=O) groups excluding carboxylic acids is 1. The van der Waals surface area contributed by atoms with Gasteiger partial charge in [-0.25, -0.2) is 4.68 Å². The van der Waals surface area contributed by atoms with Crippen molar-refractivity contribution in [3.05, 3.63) is 71.4 Å². The number of nitrogens with zero attached hydrogens (tertiary/aromatic N) is 5. The topological polar surface area (TPSA) is 54.3 Å². The van der Waals surface area contributed by atoms with Crippen LogP contribution in [0, 0.1) is 13.8 Å². The zero-order chi connectivity index (χ0) is 23.7. The van der Waals surface area contributed by atoms with E-state index in [2.05, 4.69) is 55.1 Å². The van der Waals surface area contributed by atoms with Crippen molar-refractivity contribution in [2.75, 3.05) is 31.1 Å². The Morgan fingerprint density at radius 3 is 2.62 bits per heavy atom. The average molecular weight is 474 g/mol. The molecule has 0 aliphatic carbocycles. The Labute approximate surface area is 204 Å². The van der Waals surface area contributed by atoms with Crippen LogP contribution in [0.2, 0.25) is 0 Å². The van der Waals surface area contributed by atoms with Crippen LogP contribution in [0.5, 0.6) is 0 Å². The Bertz CT molecular complexity index is 1300. The minimum Gasteiger partial charge on any atom is -0.346 e. The van der Waals surface area contributed by atoms with Gasteiger partial charge < -0.3 is 9.80 Å². The maximum atomic E-state index is 13.4. The van der Waals surface area contributed by atoms with Gasteiger partial charge in [-0.05, 0) is 49.9 Å². The van der Waals surface area contributed by atoms with E-state index in [1.54, 1.807) is 11.3 Å². The predicted octanol–water partition coefficient (Wildman–Crippen LogP) is 5.33. The van der Waals surface area contributed by atoms with Crippen molar-refractivity contribution in [2.24, 2.45) is 0 Å². The molecular weight excluding hydrogens is 442 g/mol. The molecule has 176 valence electrons. The smallest absolute Gasteiger partial charge is 0.230 e. The lowest BCUT2D eigenvalue weighted by Crippen LogP contribution is -2.38. The van der Waals surface area contributed by atoms with Gasteiger partial charge in [0.2, 0.25) is 5.91 Å². The number of hydrogen-bond acceptors (Lipinski definition) is 5. The summed E-state index contributed by atoms with van der Waals surface area (Å²) in [5.74, 6) is 0.170. The van der Waals surface area contributed by atoms with Crippen molar-refractivity contribution in [3.63, 3.8) is 0 Å². The molecule has 0 spiro atoms. The van der Waals surface area contributed by atoms with Crippen LogP contribution in [-0.4, -0.2) is 51.8 Å². The molecule has 2 aromatic carbocycles. The fraction of sp³-hybridized carbons (Fsp3) is 0.370. The van der Waals surface area contributed by atoms with Crippen LogP contribution in [-0.2, 0) is 4.79 Å². The minimum atomic E-state index is -0.0711. The summed E-state index contributed by atoms with van der Waals surface area (Å²) in [5, 5.41) is 5.77. The lowest BCUT2D eigenvalue weighted by molar-refractivity contribution is -0.132. The van der Waals surface area contributed by atoms with Gasteiger partial charge in [0.15, 0.2) is 10.8 Å². The molecule has 0 radical (unpaired) electrons. The highest BCUT2D eigenvalue weighted by molar-refractivity contribution is 7.22. The van der Waals surface area contributed by atoms with Crippen LogP contribution in [0.3, 0.4) is 0 Å². The van der Waals surface area contributed by atoms with E-state index in [1.165, 1.54) is 5.56 Å². The number of anilines is 1. The van der Waals surface area contributed by atoms with E-state index in [1.807, 2.05) is 34.7 Å². The molecule has 1 saturated heterocycles. The number of amides is 1. The van der Waals surface area contributed by atoms with Crippen molar-refractivity contribution in [1.29, 1.82) is 0 Å². The van der Waals surface area contributed by atoms with Crippen LogP contribution in [0.4, 0.5) is 5.13 Å². The molecule has 1 fully saturated rings. The number of carbonyl (C=O) groups is 1. The summed E-state index contributed by atoms with van der Waals surface area (Å²) in [7, 11) is 0. The van der Waals surface area contributed by atoms with Crippen LogP contribution in [0.1, 0.15) is 42.5 Å². The van der Waals surface area contributed by atoms with Crippen molar-refractivity contribution in [1.82, 2.24) is 19.7 Å². The molecule has 34 heavy (non-hydrogen) atoms. The first-order valence-corrected chi connectivity index (χ1v) is 12.9. The molecular formula is C27H31N5OS. The minimum absolute atomic E-state index is 0.0711. The number of benzene rings is 2. The first kappa shape index (κ1) is 22.6. The van der Waals surface area contributed by atoms with Crippen molar-refractivity contribution in [3.8, 4) is 5.69 Å². The number of rotatable bonds is 5. The predicted molar refractivity (Wildman–Crippen MR) is 139 cm³/mol. The number of hydrogen-bond donors (Lipinski definition) is 0. The standard InChI is InChI=1S/C27H31N5OS/c1-4-23(21-11-6-5-7-12-21)26(33)30-14-9-15-31(17-16-30)27-28-25-24(34-27)20(3)29-32(25)22-13-8-10-19(2)18-22/h5-8,10-13,18,23H,4,9,14-17H2,1-3H3/t23-/m0/s1. The second-order valence-electron chi connectivity index (χ2n) is 9.02. The van der Waals surface area contributed by atoms with E-state index < -0.39 is 0 Å². The van der Waals surface area contributed by atoms with E-state index in [9.17, 15) is 4.79 Å². The summed E-state index contributed by atoms with van der Waals surface area (Å²) in [6.07, 6.45) is 1.76. The lowest BCUT2D eigenvalue weighted by Gasteiger charge is -2.26. The summed E-state index contributed by atoms with van der Waals surface area (Å²) in [4.78, 5) is 22.8. The molecule has 1 atom stereocenters. The molecule has 6 nitrogen and oxygen atoms in total. The van der Waals surface area contributed by atoms with Gasteiger partial charge in [0.25, 0.3) is 0 Å². The zero-order valence-electron chi connectivity index (χ0n) is 20.1. The SMILES string of the molecule is CC[C@H](C(=O)N1CCCN(c2nc3c(s2)c(C)nn3-c2cccc(C)c2)CC1)c1ccccc1. The summed E-state index contributed by atoms with van der Waals surface area (Å²) in [5.41, 5.74) is 5.26. The molecule has 0 saturated carbocycles. The van der Waals surface area contributed by atoms with E-state index in [-0.39, 0.29) is 11.8 Å². The molecule has 5 rings (SSSR count). The van der Waals surface area contributed by atoms with Gasteiger partial charge in [-0.2, -0.15) is 10.1 Å². The van der Waals surface area contributed by atoms with E-state index in [0.717, 1.165) is 71.4 Å². The van der Waals surface area contributed by atoms with Gasteiger partial charge in [-0.3, -0.25) is 4.79 Å². The monoisotopic (exact) mass is 473 g/mol. The highest BCUT2D eigenvalue weighted by Gasteiger charge is 2.27. The number of thiazole rings is 1. The molecule has 4 aromatic rings. The summed E-state index contributed by atoms with van der Waals surface area (Å²) in [6, 6.07) is 18.5. The molecule has 0 N–H and O–H groups in total. The van der Waals surface area contributed by atoms with Crippen molar-refractivity contribution >= 4 is 32.7 Å². The number of aromatic nitrogens is 3. The van der Waals surface area contributed by atoms with Gasteiger partial charge in [0.05, 0.1) is 22.0 Å². The quantitative estimate of drug-likeness (QED) is 0.393. The van der Waals surface area contributed by atoms with E-state index >= 15 is 0 Å². The van der Waals surface area contributed by atoms with Gasteiger partial charge >= 0.3 is 0 Å². The molecule has 1 amide bonds. The molecule has 1 aliphatic rings. The third-order valence-corrected chi connectivity index (χ3v) is 7.82. The molecule has 0 unspecified atom stereocenters. The molecule has 3 heterocycles. The zero-order valence-corrected chi connectivity index (χ0v) is 20.9. The van der Waals surface area contributed by atoms with Gasteiger partial charge in [0.1, 0.15) is 0 Å². The Morgan fingerprint density at radius 1 is 1.03 bits per heavy atom. The Hall–Kier alpha value is -3.19. The first-order chi connectivity index (χ1) is 16.5. The first-order valence-electron chi connectivity index (χ1n) is 12.1. The Kier molecular flexibility index (Phi) is 6.37. The fourth-order valence-electron chi connectivity index (χ4n) is 4.79. The van der Waals surface area contributed by atoms with Crippen LogP contribution >= 0.6 is 11.3 Å². The molecule has 0 bridgehead atoms. The highest BCUT2D eigenvalue weighted by Crippen LogP contribution is 2.33. The number of fused-ring (bicyclic) bond motifs is 1. The molecule has 1 aliphatic heterocycles. The van der Waals surface area contributed by atoms with Gasteiger partial charge in [-0.1, -0.05) is 60.7 Å². The summed E-state index contributed by atoms with van der Waals surface area (Å²) in [6.45, 7) is 9.45. The molecule has 2 aromatic heterocycles. The normalized spacial score (nSPS) is 15.5. The van der Waals surface area contributed by atoms with E-state index in [0.29, 0.717) is 0 Å². The average Bonchev–Trinajstić information content (AvgIpc) is 3.31. The van der Waals surface area contributed by atoms with Crippen molar-refractivity contribution in [2.45, 2.75) is 39.5 Å². The van der Waals surface area contributed by atoms with Crippen LogP contribution in [0.25, 0.3) is 16.0 Å². The van der Waals surface area contributed by atoms with Crippen LogP contribution < -0.4 is 4.90 Å². The Morgan fingerprint density at radius 2 is 1.85 bits per heavy atom. The Balaban J connectivity index is 1.35. The lowest BCUT2D eigenvalue weighted by atomic mass is 9.95. The molecule has 7 heteroatoms. The maximum Gasteiger partial charge on any atom is 0.230 e. The second kappa shape index (κ2) is 9.58. The second-order valence-corrected chi connectivity index (χ2v) is 10.0. The van der Waals surface area contributed by atoms with Crippen LogP contribution in [0.15, 0.2) is 54.6 Å².